The Morgan fingerprint density at radius 3 is 2.71 bits per heavy atom. The van der Waals surface area contributed by atoms with Crippen molar-refractivity contribution in [2.24, 2.45) is 5.92 Å². The van der Waals surface area contributed by atoms with Crippen LogP contribution in [-0.2, 0) is 4.79 Å². The van der Waals surface area contributed by atoms with Gasteiger partial charge in [-0.15, -0.1) is 11.3 Å². The van der Waals surface area contributed by atoms with Gasteiger partial charge in [-0.05, 0) is 37.6 Å². The Morgan fingerprint density at radius 2 is 2.14 bits per heavy atom. The average molecular weight is 308 g/mol. The van der Waals surface area contributed by atoms with E-state index in [-0.39, 0.29) is 23.8 Å². The summed E-state index contributed by atoms with van der Waals surface area (Å²) in [6.07, 6.45) is 3.63. The second kappa shape index (κ2) is 7.59. The molecular weight excluding hydrogens is 284 g/mol. The van der Waals surface area contributed by atoms with E-state index in [4.69, 9.17) is 0 Å². The first-order valence-corrected chi connectivity index (χ1v) is 8.63. The molecule has 2 amide bonds. The van der Waals surface area contributed by atoms with Gasteiger partial charge in [0.25, 0.3) is 5.91 Å². The summed E-state index contributed by atoms with van der Waals surface area (Å²) >= 11 is 1.48. The van der Waals surface area contributed by atoms with Gasteiger partial charge in [-0.1, -0.05) is 19.4 Å². The van der Waals surface area contributed by atoms with Crippen LogP contribution in [0, 0.1) is 5.92 Å². The molecule has 1 aromatic heterocycles. The van der Waals surface area contributed by atoms with Crippen LogP contribution in [0.25, 0.3) is 0 Å². The van der Waals surface area contributed by atoms with Crippen molar-refractivity contribution in [2.45, 2.75) is 45.6 Å². The molecule has 21 heavy (non-hydrogen) atoms. The molecule has 1 atom stereocenters. The van der Waals surface area contributed by atoms with E-state index in [0.29, 0.717) is 13.1 Å². The van der Waals surface area contributed by atoms with Crippen LogP contribution in [0.4, 0.5) is 0 Å². The van der Waals surface area contributed by atoms with Gasteiger partial charge in [-0.3, -0.25) is 9.59 Å². The number of thiophene rings is 1. The van der Waals surface area contributed by atoms with E-state index in [0.717, 1.165) is 30.6 Å². The van der Waals surface area contributed by atoms with Crippen molar-refractivity contribution < 1.29 is 9.59 Å². The minimum atomic E-state index is 0.0525. The molecule has 1 N–H and O–H groups in total. The summed E-state index contributed by atoms with van der Waals surface area (Å²) in [6, 6.07) is 4.00. The molecule has 0 bridgehead atoms. The van der Waals surface area contributed by atoms with Gasteiger partial charge in [-0.25, -0.2) is 0 Å². The lowest BCUT2D eigenvalue weighted by atomic mass is 9.95. The van der Waals surface area contributed by atoms with Crippen LogP contribution in [-0.4, -0.2) is 35.8 Å². The Labute approximate surface area is 130 Å². The molecule has 0 saturated carbocycles. The number of likely N-dealkylation sites (tertiary alicyclic amines) is 1. The van der Waals surface area contributed by atoms with Gasteiger partial charge in [0, 0.05) is 25.0 Å². The molecule has 116 valence electrons. The molecule has 2 rings (SSSR count). The highest BCUT2D eigenvalue weighted by molar-refractivity contribution is 7.12. The van der Waals surface area contributed by atoms with Gasteiger partial charge >= 0.3 is 0 Å². The summed E-state index contributed by atoms with van der Waals surface area (Å²) in [5.41, 5.74) is 0. The summed E-state index contributed by atoms with van der Waals surface area (Å²) < 4.78 is 0. The maximum atomic E-state index is 12.2. The zero-order valence-electron chi connectivity index (χ0n) is 12.8. The van der Waals surface area contributed by atoms with Crippen molar-refractivity contribution in [2.75, 3.05) is 13.1 Å². The summed E-state index contributed by atoms with van der Waals surface area (Å²) in [7, 11) is 0. The fourth-order valence-electron chi connectivity index (χ4n) is 2.77. The monoisotopic (exact) mass is 308 g/mol. The molecule has 0 spiro atoms. The maximum Gasteiger partial charge on any atom is 0.263 e. The molecule has 2 heterocycles. The molecule has 0 radical (unpaired) electrons. The fourth-order valence-corrected chi connectivity index (χ4v) is 3.46. The third-order valence-electron chi connectivity index (χ3n) is 4.00. The van der Waals surface area contributed by atoms with E-state index in [2.05, 4.69) is 19.2 Å². The molecule has 1 saturated heterocycles. The van der Waals surface area contributed by atoms with Crippen LogP contribution in [0.15, 0.2) is 17.5 Å². The van der Waals surface area contributed by atoms with Gasteiger partial charge in [0.05, 0.1) is 4.88 Å². The predicted molar refractivity (Wildman–Crippen MR) is 85.5 cm³/mol. The fraction of sp³-hybridized carbons (Fsp3) is 0.625. The van der Waals surface area contributed by atoms with E-state index in [1.807, 2.05) is 22.4 Å². The number of nitrogens with zero attached hydrogens (tertiary/aromatic N) is 1. The van der Waals surface area contributed by atoms with Crippen molar-refractivity contribution in [3.8, 4) is 0 Å². The van der Waals surface area contributed by atoms with Gasteiger partial charge in [-0.2, -0.15) is 0 Å². The number of hydrogen-bond donors (Lipinski definition) is 1. The quantitative estimate of drug-likeness (QED) is 0.909. The van der Waals surface area contributed by atoms with E-state index < -0.39 is 0 Å². The molecule has 1 aromatic rings. The normalized spacial score (nSPS) is 17.5. The van der Waals surface area contributed by atoms with Crippen LogP contribution in [0.5, 0.6) is 0 Å². The molecule has 0 aliphatic carbocycles. The molecule has 0 aromatic carbocycles. The molecule has 4 nitrogen and oxygen atoms in total. The number of hydrogen-bond acceptors (Lipinski definition) is 3. The van der Waals surface area contributed by atoms with E-state index in [1.54, 1.807) is 0 Å². The van der Waals surface area contributed by atoms with Crippen LogP contribution < -0.4 is 5.32 Å². The van der Waals surface area contributed by atoms with Gasteiger partial charge in [0.1, 0.15) is 0 Å². The van der Waals surface area contributed by atoms with Gasteiger partial charge in [0.2, 0.25) is 5.91 Å². The lowest BCUT2D eigenvalue weighted by molar-refractivity contribution is -0.126. The molecule has 1 aliphatic rings. The zero-order valence-corrected chi connectivity index (χ0v) is 13.6. The second-order valence-electron chi connectivity index (χ2n) is 5.74. The standard InChI is InChI=1S/C16H24N2O2S/c1-3-5-12(2)17-15(19)13-7-9-18(10-8-13)16(20)14-6-4-11-21-14/h4,6,11-13H,3,5,7-10H2,1-2H3,(H,17,19)/t12-/m1/s1. The van der Waals surface area contributed by atoms with Crippen molar-refractivity contribution in [1.29, 1.82) is 0 Å². The number of carbonyl (C=O) groups is 2. The predicted octanol–water partition coefficient (Wildman–Crippen LogP) is 2.91. The Balaban J connectivity index is 1.80. The summed E-state index contributed by atoms with van der Waals surface area (Å²) in [5.74, 6) is 0.305. The van der Waals surface area contributed by atoms with E-state index >= 15 is 0 Å². The molecule has 0 unspecified atom stereocenters. The first-order valence-electron chi connectivity index (χ1n) is 7.75. The second-order valence-corrected chi connectivity index (χ2v) is 6.69. The highest BCUT2D eigenvalue weighted by Gasteiger charge is 2.28. The third kappa shape index (κ3) is 4.30. The van der Waals surface area contributed by atoms with Crippen LogP contribution >= 0.6 is 11.3 Å². The minimum Gasteiger partial charge on any atom is -0.353 e. The molecule has 1 fully saturated rings. The highest BCUT2D eigenvalue weighted by atomic mass is 32.1. The lowest BCUT2D eigenvalue weighted by Crippen LogP contribution is -2.44. The number of rotatable bonds is 5. The van der Waals surface area contributed by atoms with Gasteiger partial charge < -0.3 is 10.2 Å². The Bertz CT molecular complexity index is 465. The maximum absolute atomic E-state index is 12.2. The van der Waals surface area contributed by atoms with E-state index in [9.17, 15) is 9.59 Å². The van der Waals surface area contributed by atoms with Crippen LogP contribution in [0.1, 0.15) is 49.2 Å². The first kappa shape index (κ1) is 16.0. The third-order valence-corrected chi connectivity index (χ3v) is 4.85. The number of piperidine rings is 1. The number of nitrogens with one attached hydrogen (secondary N) is 1. The lowest BCUT2D eigenvalue weighted by Gasteiger charge is -2.31. The topological polar surface area (TPSA) is 49.4 Å². The highest BCUT2D eigenvalue weighted by Crippen LogP contribution is 2.21. The van der Waals surface area contributed by atoms with Crippen molar-refractivity contribution >= 4 is 23.2 Å². The first-order chi connectivity index (χ1) is 10.1. The molecular formula is C16H24N2O2S. The van der Waals surface area contributed by atoms with Crippen molar-refractivity contribution in [1.82, 2.24) is 10.2 Å². The van der Waals surface area contributed by atoms with Crippen molar-refractivity contribution in [3.05, 3.63) is 22.4 Å². The van der Waals surface area contributed by atoms with Crippen molar-refractivity contribution in [3.63, 3.8) is 0 Å². The Kier molecular flexibility index (Phi) is 5.79. The summed E-state index contributed by atoms with van der Waals surface area (Å²) in [4.78, 5) is 27.1. The largest absolute Gasteiger partial charge is 0.353 e. The number of amides is 2. The SMILES string of the molecule is CCC[C@@H](C)NC(=O)C1CCN(C(=O)c2cccs2)CC1. The molecule has 5 heteroatoms. The smallest absolute Gasteiger partial charge is 0.263 e. The summed E-state index contributed by atoms with van der Waals surface area (Å²) in [5, 5.41) is 5.00. The van der Waals surface area contributed by atoms with Crippen LogP contribution in [0.2, 0.25) is 0 Å². The average Bonchev–Trinajstić information content (AvgIpc) is 3.01. The summed E-state index contributed by atoms with van der Waals surface area (Å²) in [6.45, 7) is 5.53. The zero-order chi connectivity index (χ0) is 15.2. The van der Waals surface area contributed by atoms with Gasteiger partial charge in [0.15, 0.2) is 0 Å². The number of carbonyl (C=O) groups excluding carboxylic acids is 2. The Hall–Kier alpha value is -1.36. The Morgan fingerprint density at radius 1 is 1.43 bits per heavy atom. The van der Waals surface area contributed by atoms with Crippen LogP contribution in [0.3, 0.4) is 0 Å². The molecule has 1 aliphatic heterocycles. The minimum absolute atomic E-state index is 0.0525. The van der Waals surface area contributed by atoms with E-state index in [1.165, 1.54) is 11.3 Å².